The van der Waals surface area contributed by atoms with E-state index in [-0.39, 0.29) is 11.8 Å². The molecule has 0 aliphatic heterocycles. The third-order valence-corrected chi connectivity index (χ3v) is 3.67. The molecule has 7 nitrogen and oxygen atoms in total. The van der Waals surface area contributed by atoms with E-state index in [2.05, 4.69) is 38.8 Å². The van der Waals surface area contributed by atoms with Gasteiger partial charge in [0.2, 0.25) is 5.91 Å². The first-order valence-electron chi connectivity index (χ1n) is 6.49. The molecule has 20 heavy (non-hydrogen) atoms. The molecular formula is C12H18N6OS. The van der Waals surface area contributed by atoms with Gasteiger partial charge in [0.15, 0.2) is 0 Å². The third-order valence-electron chi connectivity index (χ3n) is 2.93. The second kappa shape index (κ2) is 6.56. The summed E-state index contributed by atoms with van der Waals surface area (Å²) in [6.07, 6.45) is 3.07. The van der Waals surface area contributed by atoms with Gasteiger partial charge >= 0.3 is 0 Å². The fourth-order valence-electron chi connectivity index (χ4n) is 1.81. The van der Waals surface area contributed by atoms with Crippen LogP contribution in [-0.4, -0.2) is 30.3 Å². The summed E-state index contributed by atoms with van der Waals surface area (Å²) in [5.41, 5.74) is 0.958. The summed E-state index contributed by atoms with van der Waals surface area (Å²) < 4.78 is 5.60. The van der Waals surface area contributed by atoms with E-state index in [1.54, 1.807) is 11.0 Å². The zero-order chi connectivity index (χ0) is 14.5. The predicted octanol–water partition coefficient (Wildman–Crippen LogP) is 1.21. The Labute approximate surface area is 121 Å². The third kappa shape index (κ3) is 3.60. The summed E-state index contributed by atoms with van der Waals surface area (Å²) in [5.74, 6) is 0.136. The number of nitrogens with zero attached hydrogens (tertiary/aromatic N) is 5. The highest BCUT2D eigenvalue weighted by Crippen LogP contribution is 2.19. The molecule has 2 aromatic rings. The van der Waals surface area contributed by atoms with Gasteiger partial charge in [-0.25, -0.2) is 4.98 Å². The van der Waals surface area contributed by atoms with Crippen molar-refractivity contribution in [3.8, 4) is 0 Å². The van der Waals surface area contributed by atoms with Crippen molar-refractivity contribution in [1.29, 1.82) is 0 Å². The van der Waals surface area contributed by atoms with Crippen LogP contribution in [0, 0.1) is 5.92 Å². The fourth-order valence-corrected chi connectivity index (χ4v) is 2.54. The fraction of sp³-hybridized carbons (Fsp3) is 0.583. The lowest BCUT2D eigenvalue weighted by Gasteiger charge is -2.12. The van der Waals surface area contributed by atoms with Crippen LogP contribution in [0.2, 0.25) is 0 Å². The molecule has 2 aromatic heterocycles. The maximum Gasteiger partial charge on any atom is 0.224 e. The van der Waals surface area contributed by atoms with Crippen LogP contribution in [0.25, 0.3) is 0 Å². The SMILES string of the molecule is CC(Cn1cncn1)C(=O)NCc1snnc1C(C)C. The minimum Gasteiger partial charge on any atom is -0.351 e. The van der Waals surface area contributed by atoms with E-state index in [0.717, 1.165) is 10.6 Å². The predicted molar refractivity (Wildman–Crippen MR) is 75.0 cm³/mol. The van der Waals surface area contributed by atoms with Gasteiger partial charge in [0.25, 0.3) is 0 Å². The number of amides is 1. The van der Waals surface area contributed by atoms with E-state index >= 15 is 0 Å². The summed E-state index contributed by atoms with van der Waals surface area (Å²) in [4.78, 5) is 16.9. The first kappa shape index (κ1) is 14.6. The van der Waals surface area contributed by atoms with Crippen LogP contribution in [-0.2, 0) is 17.9 Å². The van der Waals surface area contributed by atoms with Crippen molar-refractivity contribution in [3.63, 3.8) is 0 Å². The van der Waals surface area contributed by atoms with Gasteiger partial charge in [-0.1, -0.05) is 25.3 Å². The summed E-state index contributed by atoms with van der Waals surface area (Å²) in [6, 6.07) is 0. The van der Waals surface area contributed by atoms with Gasteiger partial charge in [-0.2, -0.15) is 5.10 Å². The van der Waals surface area contributed by atoms with Gasteiger partial charge in [0.1, 0.15) is 12.7 Å². The van der Waals surface area contributed by atoms with Crippen molar-refractivity contribution in [2.75, 3.05) is 0 Å². The van der Waals surface area contributed by atoms with Gasteiger partial charge in [-0.15, -0.1) is 5.10 Å². The molecule has 2 heterocycles. The molecule has 0 aliphatic carbocycles. The van der Waals surface area contributed by atoms with Gasteiger partial charge in [-0.05, 0) is 17.5 Å². The maximum absolute atomic E-state index is 12.0. The molecular weight excluding hydrogens is 276 g/mol. The first-order valence-corrected chi connectivity index (χ1v) is 7.26. The average molecular weight is 294 g/mol. The molecule has 0 aliphatic rings. The van der Waals surface area contributed by atoms with Gasteiger partial charge < -0.3 is 5.32 Å². The lowest BCUT2D eigenvalue weighted by Crippen LogP contribution is -2.31. The van der Waals surface area contributed by atoms with Gasteiger partial charge in [-0.3, -0.25) is 9.48 Å². The normalized spacial score (nSPS) is 12.6. The molecule has 1 N–H and O–H groups in total. The number of carbonyl (C=O) groups is 1. The average Bonchev–Trinajstić information content (AvgIpc) is 3.06. The second-order valence-corrected chi connectivity index (χ2v) is 5.81. The first-order chi connectivity index (χ1) is 9.58. The van der Waals surface area contributed by atoms with Gasteiger partial charge in [0, 0.05) is 0 Å². The molecule has 0 bridgehead atoms. The molecule has 1 amide bonds. The van der Waals surface area contributed by atoms with Crippen molar-refractivity contribution >= 4 is 17.4 Å². The Bertz CT molecular complexity index is 550. The highest BCUT2D eigenvalue weighted by Gasteiger charge is 2.16. The maximum atomic E-state index is 12.0. The zero-order valence-corrected chi connectivity index (χ0v) is 12.6. The summed E-state index contributed by atoms with van der Waals surface area (Å²) in [7, 11) is 0. The van der Waals surface area contributed by atoms with Crippen LogP contribution in [0.15, 0.2) is 12.7 Å². The van der Waals surface area contributed by atoms with Crippen LogP contribution >= 0.6 is 11.5 Å². The quantitative estimate of drug-likeness (QED) is 0.865. The standard InChI is InChI=1S/C12H18N6OS/c1-8(2)11-10(20-17-16-11)4-14-12(19)9(3)5-18-7-13-6-15-18/h6-9H,4-5H2,1-3H3,(H,14,19). The van der Waals surface area contributed by atoms with Crippen LogP contribution in [0.4, 0.5) is 0 Å². The Kier molecular flexibility index (Phi) is 4.78. The Hall–Kier alpha value is -1.83. The topological polar surface area (TPSA) is 85.6 Å². The number of hydrogen-bond acceptors (Lipinski definition) is 6. The van der Waals surface area contributed by atoms with E-state index < -0.39 is 0 Å². The molecule has 1 unspecified atom stereocenters. The van der Waals surface area contributed by atoms with Crippen LogP contribution in [0.1, 0.15) is 37.3 Å². The number of rotatable bonds is 6. The molecule has 0 fully saturated rings. The lowest BCUT2D eigenvalue weighted by atomic mass is 10.1. The highest BCUT2D eigenvalue weighted by molar-refractivity contribution is 7.05. The largest absolute Gasteiger partial charge is 0.351 e. The van der Waals surface area contributed by atoms with E-state index in [1.165, 1.54) is 17.9 Å². The minimum absolute atomic E-state index is 0.0105. The van der Waals surface area contributed by atoms with Crippen molar-refractivity contribution < 1.29 is 4.79 Å². The van der Waals surface area contributed by atoms with Crippen LogP contribution in [0.5, 0.6) is 0 Å². The molecule has 0 saturated carbocycles. The van der Waals surface area contributed by atoms with Crippen molar-refractivity contribution in [2.45, 2.75) is 39.8 Å². The van der Waals surface area contributed by atoms with Crippen molar-refractivity contribution in [2.24, 2.45) is 5.92 Å². The Balaban J connectivity index is 1.87. The molecule has 0 spiro atoms. The van der Waals surface area contributed by atoms with Crippen molar-refractivity contribution in [3.05, 3.63) is 23.2 Å². The van der Waals surface area contributed by atoms with Crippen LogP contribution < -0.4 is 5.32 Å². The zero-order valence-electron chi connectivity index (χ0n) is 11.8. The summed E-state index contributed by atoms with van der Waals surface area (Å²) in [6.45, 7) is 6.99. The van der Waals surface area contributed by atoms with E-state index in [4.69, 9.17) is 0 Å². The molecule has 0 saturated heterocycles. The minimum atomic E-state index is -0.167. The molecule has 1 atom stereocenters. The molecule has 2 rings (SSSR count). The number of hydrogen-bond donors (Lipinski definition) is 1. The Morgan fingerprint density at radius 3 is 2.90 bits per heavy atom. The van der Waals surface area contributed by atoms with E-state index in [9.17, 15) is 4.79 Å². The Morgan fingerprint density at radius 2 is 2.25 bits per heavy atom. The number of nitrogens with one attached hydrogen (secondary N) is 1. The highest BCUT2D eigenvalue weighted by atomic mass is 32.1. The molecule has 8 heteroatoms. The van der Waals surface area contributed by atoms with E-state index in [1.807, 2.05) is 6.92 Å². The molecule has 0 aromatic carbocycles. The second-order valence-electron chi connectivity index (χ2n) is 4.97. The van der Waals surface area contributed by atoms with Gasteiger partial charge in [0.05, 0.1) is 29.6 Å². The Morgan fingerprint density at radius 1 is 1.45 bits per heavy atom. The summed E-state index contributed by atoms with van der Waals surface area (Å²) >= 11 is 1.33. The van der Waals surface area contributed by atoms with Crippen LogP contribution in [0.3, 0.4) is 0 Å². The number of carbonyl (C=O) groups excluding carboxylic acids is 1. The lowest BCUT2D eigenvalue weighted by molar-refractivity contribution is -0.125. The van der Waals surface area contributed by atoms with E-state index in [0.29, 0.717) is 19.0 Å². The summed E-state index contributed by atoms with van der Waals surface area (Å²) in [5, 5.41) is 11.0. The number of aromatic nitrogens is 5. The molecule has 108 valence electrons. The smallest absolute Gasteiger partial charge is 0.224 e. The van der Waals surface area contributed by atoms with Crippen molar-refractivity contribution in [1.82, 2.24) is 29.7 Å². The monoisotopic (exact) mass is 294 g/mol. The molecule has 0 radical (unpaired) electrons.